The zero-order valence-electron chi connectivity index (χ0n) is 21.3. The van der Waals surface area contributed by atoms with Crippen molar-refractivity contribution in [2.75, 3.05) is 49.8 Å². The SMILES string of the molecule is Cc1ccc(C(=O)Nc2cccc(C(F)(F)F)c2)cc1Nc1ncnc2cnc(N(C)CCN(C)C)nc12. The molecule has 0 saturated heterocycles. The molecule has 9 nitrogen and oxygen atoms in total. The smallest absolute Gasteiger partial charge is 0.343 e. The lowest BCUT2D eigenvalue weighted by molar-refractivity contribution is -0.137. The van der Waals surface area contributed by atoms with Gasteiger partial charge < -0.3 is 20.4 Å². The summed E-state index contributed by atoms with van der Waals surface area (Å²) < 4.78 is 39.1. The van der Waals surface area contributed by atoms with Crippen molar-refractivity contribution in [1.82, 2.24) is 24.8 Å². The molecule has 0 atom stereocenters. The predicted molar refractivity (Wildman–Crippen MR) is 141 cm³/mol. The van der Waals surface area contributed by atoms with Crippen LogP contribution >= 0.6 is 0 Å². The van der Waals surface area contributed by atoms with Crippen molar-refractivity contribution in [3.63, 3.8) is 0 Å². The van der Waals surface area contributed by atoms with Crippen molar-refractivity contribution in [3.05, 3.63) is 71.7 Å². The number of hydrogen-bond donors (Lipinski definition) is 2. The van der Waals surface area contributed by atoms with Gasteiger partial charge in [-0.2, -0.15) is 13.2 Å². The lowest BCUT2D eigenvalue weighted by Crippen LogP contribution is -2.29. The van der Waals surface area contributed by atoms with Gasteiger partial charge in [0.25, 0.3) is 5.91 Å². The van der Waals surface area contributed by atoms with Gasteiger partial charge in [-0.05, 0) is 56.9 Å². The number of aryl methyl sites for hydroxylation is 1. The van der Waals surface area contributed by atoms with Crippen LogP contribution in [0.15, 0.2) is 55.0 Å². The second kappa shape index (κ2) is 11.0. The summed E-state index contributed by atoms with van der Waals surface area (Å²) in [6, 6.07) is 9.44. The van der Waals surface area contributed by atoms with Gasteiger partial charge in [-0.15, -0.1) is 0 Å². The van der Waals surface area contributed by atoms with Crippen molar-refractivity contribution in [2.24, 2.45) is 0 Å². The van der Waals surface area contributed by atoms with E-state index >= 15 is 0 Å². The molecule has 0 radical (unpaired) electrons. The molecule has 4 aromatic rings. The van der Waals surface area contributed by atoms with Gasteiger partial charge >= 0.3 is 6.18 Å². The predicted octanol–water partition coefficient (Wildman–Crippen LogP) is 4.74. The van der Waals surface area contributed by atoms with Gasteiger partial charge in [-0.1, -0.05) is 12.1 Å². The molecular weight excluding hydrogens is 497 g/mol. The minimum atomic E-state index is -4.51. The number of nitrogens with zero attached hydrogens (tertiary/aromatic N) is 6. The van der Waals surface area contributed by atoms with E-state index in [2.05, 4.69) is 35.5 Å². The molecule has 38 heavy (non-hydrogen) atoms. The minimum absolute atomic E-state index is 0.0457. The molecule has 0 spiro atoms. The highest BCUT2D eigenvalue weighted by Crippen LogP contribution is 2.31. The maximum absolute atomic E-state index is 13.0. The van der Waals surface area contributed by atoms with E-state index in [-0.39, 0.29) is 11.3 Å². The summed E-state index contributed by atoms with van der Waals surface area (Å²) in [5.41, 5.74) is 1.92. The summed E-state index contributed by atoms with van der Waals surface area (Å²) >= 11 is 0. The van der Waals surface area contributed by atoms with Crippen LogP contribution in [0.3, 0.4) is 0 Å². The van der Waals surface area contributed by atoms with Crippen LogP contribution in [0.2, 0.25) is 0 Å². The number of nitrogens with one attached hydrogen (secondary N) is 2. The quantitative estimate of drug-likeness (QED) is 0.341. The second-order valence-electron chi connectivity index (χ2n) is 9.04. The molecule has 0 fully saturated rings. The van der Waals surface area contributed by atoms with E-state index in [1.807, 2.05) is 33.0 Å². The third-order valence-corrected chi connectivity index (χ3v) is 5.79. The number of hydrogen-bond acceptors (Lipinski definition) is 8. The molecule has 4 rings (SSSR count). The van der Waals surface area contributed by atoms with Crippen molar-refractivity contribution in [2.45, 2.75) is 13.1 Å². The summed E-state index contributed by atoms with van der Waals surface area (Å²) in [7, 11) is 5.88. The number of benzene rings is 2. The molecule has 2 heterocycles. The van der Waals surface area contributed by atoms with Crippen LogP contribution in [0.25, 0.3) is 11.0 Å². The van der Waals surface area contributed by atoms with E-state index in [9.17, 15) is 18.0 Å². The average Bonchev–Trinajstić information content (AvgIpc) is 2.88. The summed E-state index contributed by atoms with van der Waals surface area (Å²) in [5.74, 6) is 0.397. The number of rotatable bonds is 8. The number of carbonyl (C=O) groups is 1. The fourth-order valence-electron chi connectivity index (χ4n) is 3.57. The number of carbonyl (C=O) groups excluding carboxylic acids is 1. The molecule has 0 unspecified atom stereocenters. The standard InChI is InChI=1S/C26H27F3N8O/c1-16-8-9-17(24(38)33-19-7-5-6-18(13-19)26(27,28)29)12-20(16)34-23-22-21(31-15-32-23)14-30-25(35-22)37(4)11-10-36(2)3/h5-9,12-15H,10-11H2,1-4H3,(H,33,38)(H,31,32,34). The largest absolute Gasteiger partial charge is 0.416 e. The Balaban J connectivity index is 1.59. The van der Waals surface area contributed by atoms with Crippen LogP contribution in [-0.4, -0.2) is 65.0 Å². The molecule has 2 aromatic carbocycles. The monoisotopic (exact) mass is 524 g/mol. The van der Waals surface area contributed by atoms with Crippen molar-refractivity contribution in [1.29, 1.82) is 0 Å². The Morgan fingerprint density at radius 3 is 2.53 bits per heavy atom. The summed E-state index contributed by atoms with van der Waals surface area (Å²) in [5, 5.41) is 5.75. The summed E-state index contributed by atoms with van der Waals surface area (Å²) in [6.07, 6.45) is -1.49. The number of alkyl halides is 3. The Labute approximate surface area is 217 Å². The number of fused-ring (bicyclic) bond motifs is 1. The molecule has 12 heteroatoms. The number of likely N-dealkylation sites (N-methyl/N-ethyl adjacent to an activating group) is 2. The Bertz CT molecular complexity index is 1460. The van der Waals surface area contributed by atoms with E-state index in [4.69, 9.17) is 0 Å². The summed E-state index contributed by atoms with van der Waals surface area (Å²) in [6.45, 7) is 3.40. The number of anilines is 4. The van der Waals surface area contributed by atoms with E-state index in [1.54, 1.807) is 24.4 Å². The molecule has 2 N–H and O–H groups in total. The third kappa shape index (κ3) is 6.32. The van der Waals surface area contributed by atoms with Crippen molar-refractivity contribution in [3.8, 4) is 0 Å². The highest BCUT2D eigenvalue weighted by atomic mass is 19.4. The first-order chi connectivity index (χ1) is 18.0. The topological polar surface area (TPSA) is 99.2 Å². The zero-order chi connectivity index (χ0) is 27.4. The third-order valence-electron chi connectivity index (χ3n) is 5.79. The van der Waals surface area contributed by atoms with E-state index in [0.29, 0.717) is 28.5 Å². The van der Waals surface area contributed by atoms with Crippen LogP contribution in [0.5, 0.6) is 0 Å². The second-order valence-corrected chi connectivity index (χ2v) is 9.04. The van der Waals surface area contributed by atoms with Crippen molar-refractivity contribution >= 4 is 40.1 Å². The normalized spacial score (nSPS) is 11.6. The maximum atomic E-state index is 13.0. The Hall–Kier alpha value is -4.32. The Morgan fingerprint density at radius 1 is 1.00 bits per heavy atom. The van der Waals surface area contributed by atoms with Gasteiger partial charge in [0, 0.05) is 37.1 Å². The van der Waals surface area contributed by atoms with Gasteiger partial charge in [0.15, 0.2) is 5.82 Å². The number of halogens is 3. The van der Waals surface area contributed by atoms with Gasteiger partial charge in [0.1, 0.15) is 17.4 Å². The summed E-state index contributed by atoms with van der Waals surface area (Å²) in [4.78, 5) is 34.5. The molecule has 1 amide bonds. The zero-order valence-corrected chi connectivity index (χ0v) is 21.3. The van der Waals surface area contributed by atoms with E-state index in [0.717, 1.165) is 30.8 Å². The Kier molecular flexibility index (Phi) is 7.72. The van der Waals surface area contributed by atoms with Crippen LogP contribution in [0.1, 0.15) is 21.5 Å². The highest BCUT2D eigenvalue weighted by molar-refractivity contribution is 6.05. The number of amides is 1. The van der Waals surface area contributed by atoms with Gasteiger partial charge in [0.05, 0.1) is 11.8 Å². The first-order valence-corrected chi connectivity index (χ1v) is 11.7. The molecule has 198 valence electrons. The van der Waals surface area contributed by atoms with Crippen molar-refractivity contribution < 1.29 is 18.0 Å². The van der Waals surface area contributed by atoms with Crippen LogP contribution in [0.4, 0.5) is 36.3 Å². The highest BCUT2D eigenvalue weighted by Gasteiger charge is 2.30. The van der Waals surface area contributed by atoms with Gasteiger partial charge in [-0.3, -0.25) is 4.79 Å². The lowest BCUT2D eigenvalue weighted by Gasteiger charge is -2.20. The first-order valence-electron chi connectivity index (χ1n) is 11.7. The fraction of sp³-hybridized carbons (Fsp3) is 0.269. The first kappa shape index (κ1) is 26.7. The number of aromatic nitrogens is 4. The lowest BCUT2D eigenvalue weighted by atomic mass is 10.1. The van der Waals surface area contributed by atoms with Gasteiger partial charge in [-0.25, -0.2) is 19.9 Å². The maximum Gasteiger partial charge on any atom is 0.416 e. The van der Waals surface area contributed by atoms with Crippen LogP contribution in [0, 0.1) is 6.92 Å². The van der Waals surface area contributed by atoms with Crippen LogP contribution < -0.4 is 15.5 Å². The molecule has 0 aliphatic heterocycles. The fourth-order valence-corrected chi connectivity index (χ4v) is 3.57. The molecule has 0 aliphatic rings. The van der Waals surface area contributed by atoms with Gasteiger partial charge in [0.2, 0.25) is 5.95 Å². The molecule has 0 saturated carbocycles. The molecule has 0 aliphatic carbocycles. The minimum Gasteiger partial charge on any atom is -0.343 e. The molecular formula is C26H27F3N8O. The van der Waals surface area contributed by atoms with E-state index < -0.39 is 17.6 Å². The van der Waals surface area contributed by atoms with Crippen LogP contribution in [-0.2, 0) is 6.18 Å². The Morgan fingerprint density at radius 2 is 1.79 bits per heavy atom. The average molecular weight is 525 g/mol. The molecule has 0 bridgehead atoms. The van der Waals surface area contributed by atoms with E-state index in [1.165, 1.54) is 18.5 Å². The molecule has 2 aromatic heterocycles.